The smallest absolute Gasteiger partial charge is 0.119 e. The fourth-order valence-corrected chi connectivity index (χ4v) is 2.92. The van der Waals surface area contributed by atoms with E-state index in [0.717, 1.165) is 24.2 Å². The second kappa shape index (κ2) is 5.74. The zero-order valence-corrected chi connectivity index (χ0v) is 12.2. The third-order valence-electron chi connectivity index (χ3n) is 4.26. The van der Waals surface area contributed by atoms with Gasteiger partial charge < -0.3 is 14.6 Å². The number of hydrogen-bond acceptors (Lipinski definition) is 3. The van der Waals surface area contributed by atoms with Crippen LogP contribution in [0.5, 0.6) is 5.75 Å². The molecule has 1 aliphatic heterocycles. The monoisotopic (exact) mass is 276 g/mol. The van der Waals surface area contributed by atoms with Gasteiger partial charge in [0.1, 0.15) is 5.75 Å². The maximum absolute atomic E-state index is 10.9. The first kappa shape index (κ1) is 13.9. The fourth-order valence-electron chi connectivity index (χ4n) is 2.92. The molecule has 2 atom stereocenters. The van der Waals surface area contributed by atoms with Crippen LogP contribution in [0, 0.1) is 0 Å². The Morgan fingerprint density at radius 3 is 2.70 bits per heavy atom. The van der Waals surface area contributed by atoms with Crippen LogP contribution >= 0.6 is 0 Å². The van der Waals surface area contributed by atoms with Crippen LogP contribution in [0.4, 0.5) is 0 Å². The van der Waals surface area contributed by atoms with Crippen LogP contribution in [0.1, 0.15) is 51.0 Å². The van der Waals surface area contributed by atoms with Gasteiger partial charge >= 0.3 is 0 Å². The lowest BCUT2D eigenvalue weighted by molar-refractivity contribution is -0.110. The molecule has 1 saturated carbocycles. The molecule has 1 aliphatic carbocycles. The minimum Gasteiger partial charge on any atom is -0.490 e. The van der Waals surface area contributed by atoms with Crippen LogP contribution < -0.4 is 4.74 Å². The Morgan fingerprint density at radius 1 is 1.30 bits per heavy atom. The van der Waals surface area contributed by atoms with Gasteiger partial charge in [-0.25, -0.2) is 0 Å². The van der Waals surface area contributed by atoms with Gasteiger partial charge in [-0.05, 0) is 37.0 Å². The van der Waals surface area contributed by atoms with E-state index in [1.165, 1.54) is 12.8 Å². The first-order valence-electron chi connectivity index (χ1n) is 7.81. The standard InChI is InChI=1S/C17H24O3/c1-2-3-16-12-17(18,10-11-19-16)13-4-6-14(7-5-13)20-15-8-9-15/h4-7,15-16,18H,2-3,8-12H2,1H3. The summed E-state index contributed by atoms with van der Waals surface area (Å²) in [4.78, 5) is 0. The largest absolute Gasteiger partial charge is 0.490 e. The highest BCUT2D eigenvalue weighted by Gasteiger charge is 2.36. The zero-order valence-electron chi connectivity index (χ0n) is 12.2. The molecule has 1 saturated heterocycles. The Balaban J connectivity index is 1.69. The third-order valence-corrected chi connectivity index (χ3v) is 4.26. The predicted molar refractivity (Wildman–Crippen MR) is 77.9 cm³/mol. The third kappa shape index (κ3) is 3.15. The number of benzene rings is 1. The topological polar surface area (TPSA) is 38.7 Å². The minimum absolute atomic E-state index is 0.182. The van der Waals surface area contributed by atoms with Gasteiger partial charge in [0.15, 0.2) is 0 Å². The maximum Gasteiger partial charge on any atom is 0.119 e. The maximum atomic E-state index is 10.9. The number of aliphatic hydroxyl groups is 1. The zero-order chi connectivity index (χ0) is 14.0. The molecule has 110 valence electrons. The van der Waals surface area contributed by atoms with E-state index in [9.17, 15) is 5.11 Å². The van der Waals surface area contributed by atoms with E-state index in [1.807, 2.05) is 24.3 Å². The lowest BCUT2D eigenvalue weighted by atomic mass is 9.83. The van der Waals surface area contributed by atoms with Gasteiger partial charge in [-0.1, -0.05) is 25.5 Å². The number of rotatable bonds is 5. The minimum atomic E-state index is -0.740. The molecule has 2 aliphatic rings. The molecule has 3 nitrogen and oxygen atoms in total. The van der Waals surface area contributed by atoms with Gasteiger partial charge in [-0.15, -0.1) is 0 Å². The van der Waals surface area contributed by atoms with E-state index in [2.05, 4.69) is 6.92 Å². The summed E-state index contributed by atoms with van der Waals surface area (Å²) < 4.78 is 11.5. The van der Waals surface area contributed by atoms with Crippen molar-refractivity contribution in [2.75, 3.05) is 6.61 Å². The summed E-state index contributed by atoms with van der Waals surface area (Å²) in [5, 5.41) is 10.9. The lowest BCUT2D eigenvalue weighted by Gasteiger charge is -2.37. The van der Waals surface area contributed by atoms with Crippen molar-refractivity contribution in [1.29, 1.82) is 0 Å². The highest BCUT2D eigenvalue weighted by molar-refractivity contribution is 5.31. The van der Waals surface area contributed by atoms with Crippen LogP contribution in [0.25, 0.3) is 0 Å². The van der Waals surface area contributed by atoms with Crippen LogP contribution in [0.15, 0.2) is 24.3 Å². The highest BCUT2D eigenvalue weighted by atomic mass is 16.5. The summed E-state index contributed by atoms with van der Waals surface area (Å²) in [5.41, 5.74) is 0.251. The molecule has 0 amide bonds. The molecule has 3 rings (SSSR count). The Hall–Kier alpha value is -1.06. The van der Waals surface area contributed by atoms with Gasteiger partial charge in [-0.2, -0.15) is 0 Å². The van der Waals surface area contributed by atoms with E-state index >= 15 is 0 Å². The molecule has 2 fully saturated rings. The van der Waals surface area contributed by atoms with Gasteiger partial charge in [0.05, 0.1) is 24.4 Å². The van der Waals surface area contributed by atoms with Crippen molar-refractivity contribution in [3.05, 3.63) is 29.8 Å². The van der Waals surface area contributed by atoms with Crippen LogP contribution in [-0.2, 0) is 10.3 Å². The van der Waals surface area contributed by atoms with E-state index in [-0.39, 0.29) is 6.10 Å². The average molecular weight is 276 g/mol. The van der Waals surface area contributed by atoms with Crippen LogP contribution in [0.3, 0.4) is 0 Å². The van der Waals surface area contributed by atoms with Gasteiger partial charge in [0.25, 0.3) is 0 Å². The van der Waals surface area contributed by atoms with Crippen molar-refractivity contribution < 1.29 is 14.6 Å². The molecule has 0 bridgehead atoms. The van der Waals surface area contributed by atoms with Crippen LogP contribution in [-0.4, -0.2) is 23.9 Å². The first-order valence-corrected chi connectivity index (χ1v) is 7.81. The quantitative estimate of drug-likeness (QED) is 0.896. The summed E-state index contributed by atoms with van der Waals surface area (Å²) in [6.07, 6.45) is 6.42. The summed E-state index contributed by atoms with van der Waals surface area (Å²) >= 11 is 0. The van der Waals surface area contributed by atoms with Crippen molar-refractivity contribution in [2.45, 2.75) is 63.3 Å². The SMILES string of the molecule is CCCC1CC(O)(c2ccc(OC3CC3)cc2)CCO1. The molecule has 3 heteroatoms. The molecule has 1 N–H and O–H groups in total. The molecule has 1 aromatic rings. The summed E-state index contributed by atoms with van der Waals surface area (Å²) in [5.74, 6) is 0.914. The van der Waals surface area contributed by atoms with E-state index < -0.39 is 5.60 Å². The van der Waals surface area contributed by atoms with E-state index in [0.29, 0.717) is 25.6 Å². The van der Waals surface area contributed by atoms with Crippen molar-refractivity contribution in [3.63, 3.8) is 0 Å². The normalized spacial score (nSPS) is 30.2. The Bertz CT molecular complexity index is 436. The Kier molecular flexibility index (Phi) is 3.99. The molecule has 1 aromatic carbocycles. The second-order valence-electron chi connectivity index (χ2n) is 6.11. The Labute approximate surface area is 120 Å². The lowest BCUT2D eigenvalue weighted by Crippen LogP contribution is -2.38. The first-order chi connectivity index (χ1) is 9.69. The average Bonchev–Trinajstić information content (AvgIpc) is 3.24. The molecule has 0 aromatic heterocycles. The van der Waals surface area contributed by atoms with Crippen molar-refractivity contribution in [1.82, 2.24) is 0 Å². The highest BCUT2D eigenvalue weighted by Crippen LogP contribution is 2.37. The molecule has 20 heavy (non-hydrogen) atoms. The van der Waals surface area contributed by atoms with E-state index in [1.54, 1.807) is 0 Å². The van der Waals surface area contributed by atoms with Crippen LogP contribution in [0.2, 0.25) is 0 Å². The van der Waals surface area contributed by atoms with Gasteiger partial charge in [-0.3, -0.25) is 0 Å². The van der Waals surface area contributed by atoms with Crippen molar-refractivity contribution in [2.24, 2.45) is 0 Å². The van der Waals surface area contributed by atoms with Crippen molar-refractivity contribution >= 4 is 0 Å². The fraction of sp³-hybridized carbons (Fsp3) is 0.647. The van der Waals surface area contributed by atoms with E-state index in [4.69, 9.17) is 9.47 Å². The number of hydrogen-bond donors (Lipinski definition) is 1. The molecular formula is C17H24O3. The number of ether oxygens (including phenoxy) is 2. The van der Waals surface area contributed by atoms with Crippen molar-refractivity contribution in [3.8, 4) is 5.75 Å². The summed E-state index contributed by atoms with van der Waals surface area (Å²) in [7, 11) is 0. The summed E-state index contributed by atoms with van der Waals surface area (Å²) in [6.45, 7) is 2.79. The molecule has 0 spiro atoms. The summed E-state index contributed by atoms with van der Waals surface area (Å²) in [6, 6.07) is 7.98. The molecule has 2 unspecified atom stereocenters. The molecule has 1 heterocycles. The Morgan fingerprint density at radius 2 is 2.05 bits per heavy atom. The van der Waals surface area contributed by atoms with Gasteiger partial charge in [0, 0.05) is 12.8 Å². The van der Waals surface area contributed by atoms with Gasteiger partial charge in [0.2, 0.25) is 0 Å². The predicted octanol–water partition coefficient (Wildman–Crippen LogP) is 3.39. The second-order valence-corrected chi connectivity index (χ2v) is 6.11. The molecule has 0 radical (unpaired) electrons. The molecular weight excluding hydrogens is 252 g/mol.